The van der Waals surface area contributed by atoms with Crippen LogP contribution in [0.1, 0.15) is 32.3 Å². The van der Waals surface area contributed by atoms with Crippen LogP contribution in [-0.2, 0) is 19.4 Å². The molecule has 1 saturated heterocycles. The van der Waals surface area contributed by atoms with Gasteiger partial charge in [-0.3, -0.25) is 0 Å². The standard InChI is InChI=1S/C21H27FN4O5S2/c1-13(2)30-21(27)31-26-9-7-15(8-10-26)32-20-14(3)19(23-12-24-20)25-18-6-5-16(11-17(18)22)33(4,28)29/h5-6,11-13,15H,7-10H2,1-4H3,(H,23,24,25). The SMILES string of the molecule is Cc1c(Nc2ccc(S(C)(=O)=O)cc2F)ncnc1SC1CCN(OC(=O)OC(C)C)CC1. The Morgan fingerprint density at radius 1 is 1.27 bits per heavy atom. The molecule has 0 unspecified atom stereocenters. The van der Waals surface area contributed by atoms with E-state index in [0.29, 0.717) is 18.9 Å². The third-order valence-corrected chi connectivity index (χ3v) is 7.42. The molecule has 1 aliphatic rings. The summed E-state index contributed by atoms with van der Waals surface area (Å²) in [7, 11) is -3.50. The highest BCUT2D eigenvalue weighted by molar-refractivity contribution is 7.99. The molecule has 33 heavy (non-hydrogen) atoms. The van der Waals surface area contributed by atoms with Gasteiger partial charge < -0.3 is 14.9 Å². The van der Waals surface area contributed by atoms with E-state index in [1.54, 1.807) is 30.7 Å². The number of aromatic nitrogens is 2. The maximum Gasteiger partial charge on any atom is 0.528 e. The Balaban J connectivity index is 1.62. The van der Waals surface area contributed by atoms with E-state index in [2.05, 4.69) is 15.3 Å². The Morgan fingerprint density at radius 3 is 2.58 bits per heavy atom. The zero-order valence-corrected chi connectivity index (χ0v) is 20.5. The van der Waals surface area contributed by atoms with Crippen molar-refractivity contribution in [2.75, 3.05) is 24.7 Å². The van der Waals surface area contributed by atoms with E-state index in [0.717, 1.165) is 35.8 Å². The van der Waals surface area contributed by atoms with Crippen LogP contribution in [0.15, 0.2) is 34.4 Å². The number of benzene rings is 1. The Labute approximate surface area is 197 Å². The van der Waals surface area contributed by atoms with Crippen LogP contribution in [0.25, 0.3) is 0 Å². The number of hydrogen-bond acceptors (Lipinski definition) is 10. The van der Waals surface area contributed by atoms with Gasteiger partial charge in [-0.25, -0.2) is 27.6 Å². The zero-order valence-electron chi connectivity index (χ0n) is 18.9. The largest absolute Gasteiger partial charge is 0.528 e. The van der Waals surface area contributed by atoms with Gasteiger partial charge in [0.25, 0.3) is 0 Å². The lowest BCUT2D eigenvalue weighted by Gasteiger charge is -2.29. The van der Waals surface area contributed by atoms with Crippen molar-refractivity contribution >= 4 is 39.3 Å². The summed E-state index contributed by atoms with van der Waals surface area (Å²) < 4.78 is 42.7. The second-order valence-electron chi connectivity index (χ2n) is 7.95. The van der Waals surface area contributed by atoms with E-state index in [1.165, 1.54) is 18.5 Å². The van der Waals surface area contributed by atoms with Crippen LogP contribution < -0.4 is 5.32 Å². The predicted molar refractivity (Wildman–Crippen MR) is 123 cm³/mol. The number of hydrogen-bond donors (Lipinski definition) is 1. The number of piperidine rings is 1. The molecule has 9 nitrogen and oxygen atoms in total. The molecule has 3 rings (SSSR count). The third kappa shape index (κ3) is 7.02. The topological polar surface area (TPSA) is 111 Å². The summed E-state index contributed by atoms with van der Waals surface area (Å²) in [5, 5.41) is 5.55. The second kappa shape index (κ2) is 10.7. The van der Waals surface area contributed by atoms with E-state index in [9.17, 15) is 17.6 Å². The van der Waals surface area contributed by atoms with Gasteiger partial charge in [0.1, 0.15) is 23.0 Å². The van der Waals surface area contributed by atoms with E-state index < -0.39 is 21.8 Å². The molecule has 0 bridgehead atoms. The van der Waals surface area contributed by atoms with Gasteiger partial charge in [0.15, 0.2) is 9.84 Å². The molecule has 12 heteroatoms. The number of carbonyl (C=O) groups is 1. The number of anilines is 2. The molecule has 0 spiro atoms. The maximum atomic E-state index is 14.4. The first-order valence-electron chi connectivity index (χ1n) is 10.4. The van der Waals surface area contributed by atoms with Gasteiger partial charge in [0.05, 0.1) is 16.7 Å². The van der Waals surface area contributed by atoms with Crippen LogP contribution in [0.3, 0.4) is 0 Å². The number of halogens is 1. The van der Waals surface area contributed by atoms with Crippen molar-refractivity contribution in [1.29, 1.82) is 0 Å². The quantitative estimate of drug-likeness (QED) is 0.442. The normalized spacial score (nSPS) is 15.5. The maximum absolute atomic E-state index is 14.4. The summed E-state index contributed by atoms with van der Waals surface area (Å²) in [4.78, 5) is 25.3. The molecule has 1 aromatic carbocycles. The number of rotatable bonds is 7. The molecule has 2 aromatic rings. The van der Waals surface area contributed by atoms with E-state index in [-0.39, 0.29) is 21.9 Å². The highest BCUT2D eigenvalue weighted by atomic mass is 32.2. The molecule has 1 aliphatic heterocycles. The number of nitrogens with one attached hydrogen (secondary N) is 1. The van der Waals surface area contributed by atoms with Gasteiger partial charge in [0, 0.05) is 30.2 Å². The molecule has 0 amide bonds. The zero-order chi connectivity index (χ0) is 24.2. The number of carbonyl (C=O) groups excluding carboxylic acids is 1. The van der Waals surface area contributed by atoms with Crippen LogP contribution in [0.2, 0.25) is 0 Å². The molecular weight excluding hydrogens is 471 g/mol. The van der Waals surface area contributed by atoms with E-state index in [1.807, 2.05) is 6.92 Å². The fraction of sp³-hybridized carbons (Fsp3) is 0.476. The highest BCUT2D eigenvalue weighted by Gasteiger charge is 2.25. The summed E-state index contributed by atoms with van der Waals surface area (Å²) in [6.45, 7) is 6.52. The van der Waals surface area contributed by atoms with Crippen LogP contribution in [0, 0.1) is 12.7 Å². The number of sulfone groups is 1. The Hall–Kier alpha value is -2.44. The van der Waals surface area contributed by atoms with Gasteiger partial charge >= 0.3 is 6.16 Å². The van der Waals surface area contributed by atoms with Crippen molar-refractivity contribution in [2.24, 2.45) is 0 Å². The van der Waals surface area contributed by atoms with Gasteiger partial charge in [0.2, 0.25) is 0 Å². The molecule has 2 heterocycles. The van der Waals surface area contributed by atoms with Crippen molar-refractivity contribution in [2.45, 2.75) is 54.9 Å². The average molecular weight is 499 g/mol. The summed E-state index contributed by atoms with van der Waals surface area (Å²) in [6.07, 6.45) is 3.07. The molecule has 1 fully saturated rings. The first kappa shape index (κ1) is 25.2. The smallest absolute Gasteiger partial charge is 0.430 e. The molecule has 180 valence electrons. The molecule has 0 aliphatic carbocycles. The molecule has 0 atom stereocenters. The lowest BCUT2D eigenvalue weighted by Crippen LogP contribution is -2.37. The average Bonchev–Trinajstić information content (AvgIpc) is 2.72. The fourth-order valence-corrected chi connectivity index (χ4v) is 4.93. The second-order valence-corrected chi connectivity index (χ2v) is 11.3. The summed E-state index contributed by atoms with van der Waals surface area (Å²) in [5.74, 6) is -0.246. The Bertz CT molecular complexity index is 1110. The molecule has 0 radical (unpaired) electrons. The van der Waals surface area contributed by atoms with Crippen molar-refractivity contribution in [3.63, 3.8) is 0 Å². The highest BCUT2D eigenvalue weighted by Crippen LogP contribution is 2.34. The van der Waals surface area contributed by atoms with Crippen LogP contribution in [0.4, 0.5) is 20.7 Å². The Morgan fingerprint density at radius 2 is 1.97 bits per heavy atom. The van der Waals surface area contributed by atoms with Crippen LogP contribution in [0.5, 0.6) is 0 Å². The first-order valence-corrected chi connectivity index (χ1v) is 13.2. The fourth-order valence-electron chi connectivity index (χ4n) is 3.15. The number of thioether (sulfide) groups is 1. The first-order chi connectivity index (χ1) is 15.5. The van der Waals surface area contributed by atoms with Crippen molar-refractivity contribution < 1.29 is 27.2 Å². The molecule has 1 aromatic heterocycles. The van der Waals surface area contributed by atoms with Gasteiger partial charge in [-0.2, -0.15) is 0 Å². The minimum atomic E-state index is -3.50. The molecule has 1 N–H and O–H groups in total. The van der Waals surface area contributed by atoms with Gasteiger partial charge in [-0.05, 0) is 51.8 Å². The lowest BCUT2D eigenvalue weighted by atomic mass is 10.1. The van der Waals surface area contributed by atoms with Crippen molar-refractivity contribution in [3.05, 3.63) is 35.9 Å². The summed E-state index contributed by atoms with van der Waals surface area (Å²) >= 11 is 1.59. The number of nitrogens with zero attached hydrogens (tertiary/aromatic N) is 3. The van der Waals surface area contributed by atoms with Crippen molar-refractivity contribution in [1.82, 2.24) is 15.0 Å². The van der Waals surface area contributed by atoms with Crippen LogP contribution in [-0.4, -0.2) is 60.3 Å². The van der Waals surface area contributed by atoms with E-state index in [4.69, 9.17) is 9.57 Å². The molecular formula is C21H27FN4O5S2. The monoisotopic (exact) mass is 498 g/mol. The summed E-state index contributed by atoms with van der Waals surface area (Å²) in [6, 6.07) is 3.70. The van der Waals surface area contributed by atoms with Crippen molar-refractivity contribution in [3.8, 4) is 0 Å². The predicted octanol–water partition coefficient (Wildman–Crippen LogP) is 4.10. The van der Waals surface area contributed by atoms with Gasteiger partial charge in [-0.1, -0.05) is 0 Å². The number of hydroxylamine groups is 2. The molecule has 0 saturated carbocycles. The minimum Gasteiger partial charge on any atom is -0.430 e. The third-order valence-electron chi connectivity index (χ3n) is 4.87. The summed E-state index contributed by atoms with van der Waals surface area (Å²) in [5.41, 5.74) is 0.882. The van der Waals surface area contributed by atoms with E-state index >= 15 is 0 Å². The minimum absolute atomic E-state index is 0.0889. The lowest BCUT2D eigenvalue weighted by molar-refractivity contribution is -0.140. The van der Waals surface area contributed by atoms with Crippen LogP contribution >= 0.6 is 11.8 Å². The Kier molecular flexibility index (Phi) is 8.14. The van der Waals surface area contributed by atoms with Gasteiger partial charge in [-0.15, -0.1) is 16.8 Å². The number of ether oxygens (including phenoxy) is 1.